The largest absolute Gasteiger partial charge is 0.349 e. The molecule has 2 aliphatic rings. The number of nitrogens with one attached hydrogen (secondary N) is 2. The fourth-order valence-electron chi connectivity index (χ4n) is 4.25. The summed E-state index contributed by atoms with van der Waals surface area (Å²) < 4.78 is 0. The maximum absolute atomic E-state index is 4.62. The first-order valence-electron chi connectivity index (χ1n) is 8.98. The quantitative estimate of drug-likeness (QED) is 0.911. The first-order chi connectivity index (χ1) is 11.8. The van der Waals surface area contributed by atoms with Gasteiger partial charge in [0.25, 0.3) is 0 Å². The van der Waals surface area contributed by atoms with E-state index in [0.29, 0.717) is 6.17 Å². The van der Waals surface area contributed by atoms with Crippen molar-refractivity contribution in [2.45, 2.75) is 37.9 Å². The number of piperidine rings is 1. The third-order valence-corrected chi connectivity index (χ3v) is 5.56. The van der Waals surface area contributed by atoms with Gasteiger partial charge in [-0.15, -0.1) is 0 Å². The van der Waals surface area contributed by atoms with Gasteiger partial charge in [-0.1, -0.05) is 24.3 Å². The van der Waals surface area contributed by atoms with Crippen molar-refractivity contribution in [1.82, 2.24) is 15.6 Å². The Labute approximate surface area is 144 Å². The van der Waals surface area contributed by atoms with Crippen molar-refractivity contribution in [1.29, 1.82) is 0 Å². The van der Waals surface area contributed by atoms with Gasteiger partial charge in [-0.2, -0.15) is 0 Å². The molecule has 2 N–H and O–H groups in total. The van der Waals surface area contributed by atoms with E-state index in [0.717, 1.165) is 26.1 Å². The number of nitrogens with zero attached hydrogens (tertiary/aromatic N) is 2. The lowest BCUT2D eigenvalue weighted by Gasteiger charge is -2.44. The molecule has 126 valence electrons. The van der Waals surface area contributed by atoms with Crippen molar-refractivity contribution >= 4 is 5.69 Å². The number of pyridine rings is 1. The van der Waals surface area contributed by atoms with Crippen molar-refractivity contribution in [3.8, 4) is 0 Å². The smallest absolute Gasteiger partial charge is 0.0859 e. The number of hydrogen-bond acceptors (Lipinski definition) is 4. The zero-order valence-electron chi connectivity index (χ0n) is 14.3. The Hall–Kier alpha value is -1.91. The molecule has 2 saturated heterocycles. The highest BCUT2D eigenvalue weighted by Gasteiger charge is 2.46. The van der Waals surface area contributed by atoms with E-state index in [1.54, 1.807) is 0 Å². The Morgan fingerprint density at radius 2 is 1.92 bits per heavy atom. The van der Waals surface area contributed by atoms with E-state index in [1.807, 2.05) is 12.3 Å². The third-order valence-electron chi connectivity index (χ3n) is 5.56. The molecule has 4 rings (SSSR count). The van der Waals surface area contributed by atoms with Gasteiger partial charge >= 0.3 is 0 Å². The number of hydrogen-bond donors (Lipinski definition) is 2. The number of aromatic nitrogens is 1. The lowest BCUT2D eigenvalue weighted by molar-refractivity contribution is 0.321. The van der Waals surface area contributed by atoms with Crippen LogP contribution in [0.15, 0.2) is 48.7 Å². The standard InChI is InChI=1S/C20H26N4/c1-16-6-5-11-22-18(16)14-19-23-15-20(9-12-21-13-10-20)24(19)17-7-3-2-4-8-17/h2-8,11,19,21,23H,9-10,12-15H2,1H3. The molecule has 0 amide bonds. The number of para-hydroxylation sites is 1. The first kappa shape index (κ1) is 15.6. The molecule has 0 bridgehead atoms. The van der Waals surface area contributed by atoms with Crippen LogP contribution in [0.5, 0.6) is 0 Å². The first-order valence-corrected chi connectivity index (χ1v) is 8.98. The summed E-state index contributed by atoms with van der Waals surface area (Å²) in [4.78, 5) is 7.27. The lowest BCUT2D eigenvalue weighted by Crippen LogP contribution is -2.55. The minimum atomic E-state index is 0.222. The molecule has 0 saturated carbocycles. The van der Waals surface area contributed by atoms with Crippen LogP contribution in [-0.4, -0.2) is 36.3 Å². The summed E-state index contributed by atoms with van der Waals surface area (Å²) in [5, 5.41) is 7.31. The topological polar surface area (TPSA) is 40.2 Å². The second-order valence-corrected chi connectivity index (χ2v) is 7.05. The lowest BCUT2D eigenvalue weighted by atomic mass is 9.87. The van der Waals surface area contributed by atoms with Crippen LogP contribution in [0, 0.1) is 6.92 Å². The van der Waals surface area contributed by atoms with Gasteiger partial charge in [0.1, 0.15) is 0 Å². The Bertz CT molecular complexity index is 679. The predicted octanol–water partition coefficient (Wildman–Crippen LogP) is 2.49. The van der Waals surface area contributed by atoms with Crippen molar-refractivity contribution in [2.24, 2.45) is 0 Å². The van der Waals surface area contributed by atoms with Gasteiger partial charge in [0.15, 0.2) is 0 Å². The molecular weight excluding hydrogens is 296 g/mol. The molecule has 1 aromatic carbocycles. The van der Waals surface area contributed by atoms with Crippen LogP contribution in [0.3, 0.4) is 0 Å². The monoisotopic (exact) mass is 322 g/mol. The molecular formula is C20H26N4. The van der Waals surface area contributed by atoms with Crippen molar-refractivity contribution in [3.63, 3.8) is 0 Å². The Kier molecular flexibility index (Phi) is 4.25. The highest BCUT2D eigenvalue weighted by Crippen LogP contribution is 2.37. The number of benzene rings is 1. The summed E-state index contributed by atoms with van der Waals surface area (Å²) in [6, 6.07) is 15.1. The van der Waals surface area contributed by atoms with E-state index < -0.39 is 0 Å². The van der Waals surface area contributed by atoms with Crippen LogP contribution in [0.25, 0.3) is 0 Å². The summed E-state index contributed by atoms with van der Waals surface area (Å²) in [5.41, 5.74) is 4.02. The van der Waals surface area contributed by atoms with E-state index in [2.05, 4.69) is 63.8 Å². The summed E-state index contributed by atoms with van der Waals surface area (Å²) in [6.45, 7) is 5.41. The molecule has 4 nitrogen and oxygen atoms in total. The zero-order chi connectivity index (χ0) is 16.4. The second-order valence-electron chi connectivity index (χ2n) is 7.05. The molecule has 2 aliphatic heterocycles. The molecule has 2 aromatic rings. The molecule has 1 unspecified atom stereocenters. The molecule has 2 fully saturated rings. The fourth-order valence-corrected chi connectivity index (χ4v) is 4.25. The normalized spacial score (nSPS) is 22.9. The maximum Gasteiger partial charge on any atom is 0.0859 e. The van der Waals surface area contributed by atoms with Gasteiger partial charge in [0.05, 0.1) is 11.7 Å². The molecule has 1 atom stereocenters. The number of anilines is 1. The van der Waals surface area contributed by atoms with Crippen LogP contribution in [0.1, 0.15) is 24.1 Å². The summed E-state index contributed by atoms with van der Waals surface area (Å²) in [5.74, 6) is 0. The molecule has 3 heterocycles. The molecule has 24 heavy (non-hydrogen) atoms. The summed E-state index contributed by atoms with van der Waals surface area (Å²) in [6.07, 6.45) is 5.53. The summed E-state index contributed by atoms with van der Waals surface area (Å²) >= 11 is 0. The van der Waals surface area contributed by atoms with Gasteiger partial charge in [0, 0.05) is 30.5 Å². The summed E-state index contributed by atoms with van der Waals surface area (Å²) in [7, 11) is 0. The van der Waals surface area contributed by atoms with E-state index in [-0.39, 0.29) is 5.54 Å². The van der Waals surface area contributed by atoms with Crippen LogP contribution in [0.4, 0.5) is 5.69 Å². The zero-order valence-corrected chi connectivity index (χ0v) is 14.3. The molecule has 0 radical (unpaired) electrons. The van der Waals surface area contributed by atoms with Crippen molar-refractivity contribution in [2.75, 3.05) is 24.5 Å². The molecule has 4 heteroatoms. The van der Waals surface area contributed by atoms with Gasteiger partial charge in [0.2, 0.25) is 0 Å². The van der Waals surface area contributed by atoms with Gasteiger partial charge in [-0.25, -0.2) is 0 Å². The Morgan fingerprint density at radius 1 is 1.12 bits per heavy atom. The van der Waals surface area contributed by atoms with Crippen LogP contribution in [0.2, 0.25) is 0 Å². The third kappa shape index (κ3) is 2.80. The average Bonchev–Trinajstić information content (AvgIpc) is 2.96. The van der Waals surface area contributed by atoms with Gasteiger partial charge in [-0.05, 0) is 56.6 Å². The van der Waals surface area contributed by atoms with Crippen molar-refractivity contribution in [3.05, 3.63) is 59.9 Å². The van der Waals surface area contributed by atoms with Crippen LogP contribution >= 0.6 is 0 Å². The van der Waals surface area contributed by atoms with Gasteiger partial charge < -0.3 is 10.2 Å². The van der Waals surface area contributed by atoms with E-state index in [4.69, 9.17) is 0 Å². The highest BCUT2D eigenvalue weighted by molar-refractivity contribution is 5.52. The minimum absolute atomic E-state index is 0.222. The van der Waals surface area contributed by atoms with E-state index in [9.17, 15) is 0 Å². The molecule has 1 aromatic heterocycles. The Morgan fingerprint density at radius 3 is 2.67 bits per heavy atom. The fraction of sp³-hybridized carbons (Fsp3) is 0.450. The van der Waals surface area contributed by atoms with Crippen LogP contribution < -0.4 is 15.5 Å². The van der Waals surface area contributed by atoms with Crippen molar-refractivity contribution < 1.29 is 0 Å². The number of aryl methyl sites for hydroxylation is 1. The highest BCUT2D eigenvalue weighted by atomic mass is 15.4. The van der Waals surface area contributed by atoms with E-state index in [1.165, 1.54) is 29.8 Å². The molecule has 1 spiro atoms. The van der Waals surface area contributed by atoms with Crippen LogP contribution in [-0.2, 0) is 6.42 Å². The Balaban J connectivity index is 1.67. The predicted molar refractivity (Wildman–Crippen MR) is 98.2 cm³/mol. The van der Waals surface area contributed by atoms with E-state index >= 15 is 0 Å². The maximum atomic E-state index is 4.62. The number of rotatable bonds is 3. The second kappa shape index (κ2) is 6.54. The minimum Gasteiger partial charge on any atom is -0.349 e. The molecule has 0 aliphatic carbocycles. The average molecular weight is 322 g/mol. The van der Waals surface area contributed by atoms with Gasteiger partial charge in [-0.3, -0.25) is 10.3 Å². The SMILES string of the molecule is Cc1cccnc1CC1NCC2(CCNCC2)N1c1ccccc1.